The van der Waals surface area contributed by atoms with Crippen molar-refractivity contribution in [2.75, 3.05) is 6.54 Å². The molecule has 0 unspecified atom stereocenters. The Morgan fingerprint density at radius 1 is 1.19 bits per heavy atom. The first-order valence-corrected chi connectivity index (χ1v) is 10.7. The van der Waals surface area contributed by atoms with E-state index in [-0.39, 0.29) is 17.9 Å². The van der Waals surface area contributed by atoms with Crippen molar-refractivity contribution in [3.8, 4) is 16.9 Å². The Morgan fingerprint density at radius 3 is 2.87 bits per heavy atom. The summed E-state index contributed by atoms with van der Waals surface area (Å²) in [5.74, 6) is 0.683. The highest BCUT2D eigenvalue weighted by Gasteiger charge is 2.30. The van der Waals surface area contributed by atoms with E-state index in [2.05, 4.69) is 58.9 Å². The lowest BCUT2D eigenvalue weighted by Crippen LogP contribution is -2.44. The van der Waals surface area contributed by atoms with Gasteiger partial charge < -0.3 is 15.4 Å². The number of hydrogen-bond donors (Lipinski definition) is 2. The summed E-state index contributed by atoms with van der Waals surface area (Å²) in [6.45, 7) is 4.50. The van der Waals surface area contributed by atoms with E-state index in [4.69, 9.17) is 4.74 Å². The van der Waals surface area contributed by atoms with Gasteiger partial charge in [-0.3, -0.25) is 14.6 Å². The number of amides is 2. The summed E-state index contributed by atoms with van der Waals surface area (Å²) in [6.07, 6.45) is 1.58. The van der Waals surface area contributed by atoms with Crippen LogP contribution < -0.4 is 15.4 Å². The second-order valence-corrected chi connectivity index (χ2v) is 8.51. The van der Waals surface area contributed by atoms with Crippen LogP contribution >= 0.6 is 0 Å². The minimum atomic E-state index is -0.427. The van der Waals surface area contributed by atoms with Crippen molar-refractivity contribution in [1.82, 2.24) is 15.6 Å². The van der Waals surface area contributed by atoms with Crippen LogP contribution in [0.25, 0.3) is 22.0 Å². The molecule has 0 bridgehead atoms. The molecule has 1 aromatic heterocycles. The van der Waals surface area contributed by atoms with E-state index in [0.717, 1.165) is 45.5 Å². The van der Waals surface area contributed by atoms with Gasteiger partial charge in [0, 0.05) is 29.5 Å². The maximum Gasteiger partial charge on any atom is 0.242 e. The van der Waals surface area contributed by atoms with Gasteiger partial charge in [-0.2, -0.15) is 0 Å². The predicted octanol–water partition coefficient (Wildman–Crippen LogP) is 3.22. The molecular weight excluding hydrogens is 390 g/mol. The Bertz CT molecular complexity index is 1200. The van der Waals surface area contributed by atoms with E-state index >= 15 is 0 Å². The van der Waals surface area contributed by atoms with Gasteiger partial charge in [-0.1, -0.05) is 18.2 Å². The Morgan fingerprint density at radius 2 is 2.06 bits per heavy atom. The zero-order valence-electron chi connectivity index (χ0n) is 17.7. The van der Waals surface area contributed by atoms with Crippen LogP contribution in [0.3, 0.4) is 0 Å². The Hall–Kier alpha value is -3.41. The number of ether oxygens (including phenoxy) is 1. The lowest BCUT2D eigenvalue weighted by atomic mass is 9.96. The number of aromatic nitrogens is 1. The van der Waals surface area contributed by atoms with Crippen molar-refractivity contribution >= 4 is 22.7 Å². The van der Waals surface area contributed by atoms with Crippen molar-refractivity contribution < 1.29 is 14.3 Å². The molecule has 1 saturated heterocycles. The van der Waals surface area contributed by atoms with Crippen molar-refractivity contribution in [2.45, 2.75) is 45.3 Å². The molecule has 2 N–H and O–H groups in total. The van der Waals surface area contributed by atoms with E-state index in [0.29, 0.717) is 19.4 Å². The highest BCUT2D eigenvalue weighted by atomic mass is 16.5. The number of pyridine rings is 1. The molecule has 6 heteroatoms. The first kappa shape index (κ1) is 19.5. The standard InChI is InChI=1S/C25H25N3O3/c1-14-9-18-12-19(13-26-25(30)22-7-8-23(29)28-22)31-24(18)20(10-14)16-5-6-21-17(11-16)4-3-15(2)27-21/h3-6,9-11,19,22H,7-8,12-13H2,1-2H3,(H,26,30)(H,28,29)/t19-,22+/m1/s1. The summed E-state index contributed by atoms with van der Waals surface area (Å²) in [6, 6.07) is 14.3. The molecule has 2 amide bonds. The average molecular weight is 415 g/mol. The third-order valence-corrected chi connectivity index (χ3v) is 6.00. The van der Waals surface area contributed by atoms with Crippen molar-refractivity contribution in [1.29, 1.82) is 0 Å². The van der Waals surface area contributed by atoms with Gasteiger partial charge in [-0.05, 0) is 61.2 Å². The summed E-state index contributed by atoms with van der Waals surface area (Å²) < 4.78 is 6.30. The number of aryl methyl sites for hydroxylation is 2. The van der Waals surface area contributed by atoms with Gasteiger partial charge in [0.15, 0.2) is 0 Å². The molecule has 2 aliphatic heterocycles. The van der Waals surface area contributed by atoms with Gasteiger partial charge >= 0.3 is 0 Å². The van der Waals surface area contributed by atoms with Crippen LogP contribution in [0.5, 0.6) is 5.75 Å². The zero-order chi connectivity index (χ0) is 21.5. The first-order chi connectivity index (χ1) is 15.0. The molecule has 2 aliphatic rings. The van der Waals surface area contributed by atoms with Crippen LogP contribution in [-0.4, -0.2) is 35.5 Å². The molecule has 3 heterocycles. The van der Waals surface area contributed by atoms with E-state index in [1.54, 1.807) is 0 Å². The second kappa shape index (κ2) is 7.69. The fraction of sp³-hybridized carbons (Fsp3) is 0.320. The number of nitrogens with one attached hydrogen (secondary N) is 2. The number of carbonyl (C=O) groups excluding carboxylic acids is 2. The van der Waals surface area contributed by atoms with Crippen LogP contribution in [0.1, 0.15) is 29.7 Å². The van der Waals surface area contributed by atoms with Gasteiger partial charge in [0.2, 0.25) is 11.8 Å². The Labute approximate surface area is 181 Å². The van der Waals surface area contributed by atoms with Crippen LogP contribution in [0.15, 0.2) is 42.5 Å². The molecule has 158 valence electrons. The van der Waals surface area contributed by atoms with Crippen LogP contribution in [-0.2, 0) is 16.0 Å². The molecule has 31 heavy (non-hydrogen) atoms. The van der Waals surface area contributed by atoms with Crippen molar-refractivity contribution in [2.24, 2.45) is 0 Å². The maximum absolute atomic E-state index is 12.3. The molecule has 5 rings (SSSR count). The molecule has 0 aliphatic carbocycles. The molecule has 6 nitrogen and oxygen atoms in total. The predicted molar refractivity (Wildman–Crippen MR) is 119 cm³/mol. The lowest BCUT2D eigenvalue weighted by Gasteiger charge is -2.16. The molecule has 0 spiro atoms. The Kier molecular flexibility index (Phi) is 4.85. The van der Waals surface area contributed by atoms with E-state index in [9.17, 15) is 9.59 Å². The molecule has 3 aromatic rings. The molecule has 0 radical (unpaired) electrons. The zero-order valence-corrected chi connectivity index (χ0v) is 17.7. The minimum absolute atomic E-state index is 0.0643. The van der Waals surface area contributed by atoms with Crippen molar-refractivity contribution in [3.63, 3.8) is 0 Å². The number of fused-ring (bicyclic) bond motifs is 2. The topological polar surface area (TPSA) is 80.3 Å². The monoisotopic (exact) mass is 415 g/mol. The van der Waals surface area contributed by atoms with E-state index in [1.165, 1.54) is 5.56 Å². The van der Waals surface area contributed by atoms with Gasteiger partial charge in [0.25, 0.3) is 0 Å². The van der Waals surface area contributed by atoms with Gasteiger partial charge in [-0.25, -0.2) is 0 Å². The molecule has 2 atom stereocenters. The number of benzene rings is 2. The summed E-state index contributed by atoms with van der Waals surface area (Å²) >= 11 is 0. The highest BCUT2D eigenvalue weighted by Crippen LogP contribution is 2.40. The largest absolute Gasteiger partial charge is 0.487 e. The number of rotatable bonds is 4. The van der Waals surface area contributed by atoms with E-state index < -0.39 is 6.04 Å². The summed E-state index contributed by atoms with van der Waals surface area (Å²) in [5.41, 5.74) is 6.48. The molecule has 2 aromatic carbocycles. The lowest BCUT2D eigenvalue weighted by molar-refractivity contribution is -0.126. The first-order valence-electron chi connectivity index (χ1n) is 10.7. The Balaban J connectivity index is 1.36. The van der Waals surface area contributed by atoms with Crippen molar-refractivity contribution in [3.05, 3.63) is 59.3 Å². The number of carbonyl (C=O) groups is 2. The van der Waals surface area contributed by atoms with Gasteiger partial charge in [-0.15, -0.1) is 0 Å². The summed E-state index contributed by atoms with van der Waals surface area (Å²) in [5, 5.41) is 6.74. The third kappa shape index (κ3) is 3.85. The van der Waals surface area contributed by atoms with Crippen LogP contribution in [0, 0.1) is 13.8 Å². The highest BCUT2D eigenvalue weighted by molar-refractivity contribution is 5.91. The molecule has 0 saturated carbocycles. The molecule has 1 fully saturated rings. The van der Waals surface area contributed by atoms with Crippen LogP contribution in [0.2, 0.25) is 0 Å². The number of nitrogens with zero attached hydrogens (tertiary/aromatic N) is 1. The SMILES string of the molecule is Cc1cc2c(c(-c3ccc4nc(C)ccc4c3)c1)O[C@@H](CNC(=O)[C@@H]1CCC(=O)N1)C2. The van der Waals surface area contributed by atoms with Gasteiger partial charge in [0.1, 0.15) is 17.9 Å². The fourth-order valence-corrected chi connectivity index (χ4v) is 4.46. The van der Waals surface area contributed by atoms with Crippen LogP contribution in [0.4, 0.5) is 0 Å². The fourth-order valence-electron chi connectivity index (χ4n) is 4.46. The summed E-state index contributed by atoms with van der Waals surface area (Å²) in [7, 11) is 0. The maximum atomic E-state index is 12.3. The molecular formula is C25H25N3O3. The third-order valence-electron chi connectivity index (χ3n) is 6.00. The normalized spacial score (nSPS) is 19.7. The smallest absolute Gasteiger partial charge is 0.242 e. The quantitative estimate of drug-likeness (QED) is 0.686. The van der Waals surface area contributed by atoms with E-state index in [1.807, 2.05) is 13.0 Å². The van der Waals surface area contributed by atoms with Gasteiger partial charge in [0.05, 0.1) is 12.1 Å². The minimum Gasteiger partial charge on any atom is -0.487 e. The second-order valence-electron chi connectivity index (χ2n) is 8.51. The summed E-state index contributed by atoms with van der Waals surface area (Å²) in [4.78, 5) is 28.3. The average Bonchev–Trinajstić information content (AvgIpc) is 3.37. The number of hydrogen-bond acceptors (Lipinski definition) is 4.